The van der Waals surface area contributed by atoms with Crippen molar-refractivity contribution >= 4 is 39.1 Å². The molecule has 2 aromatic rings. The van der Waals surface area contributed by atoms with Gasteiger partial charge in [-0.3, -0.25) is 0 Å². The normalized spacial score (nSPS) is 12.5. The maximum absolute atomic E-state index is 10.3. The molecule has 0 saturated carbocycles. The van der Waals surface area contributed by atoms with Crippen molar-refractivity contribution in [2.45, 2.75) is 19.4 Å². The Morgan fingerprint density at radius 2 is 1.89 bits per heavy atom. The van der Waals surface area contributed by atoms with E-state index < -0.39 is 6.10 Å². The van der Waals surface area contributed by atoms with Crippen LogP contribution in [0.15, 0.2) is 40.9 Å². The maximum atomic E-state index is 10.3. The highest BCUT2D eigenvalue weighted by Crippen LogP contribution is 2.28. The van der Waals surface area contributed by atoms with Crippen LogP contribution in [-0.2, 0) is 6.42 Å². The van der Waals surface area contributed by atoms with Crippen molar-refractivity contribution in [1.29, 1.82) is 0 Å². The predicted molar refractivity (Wildman–Crippen MR) is 84.0 cm³/mol. The van der Waals surface area contributed by atoms with Crippen LogP contribution in [-0.4, -0.2) is 5.11 Å². The Bertz CT molecular complexity index is 599. The number of aryl methyl sites for hydroxylation is 1. The molecule has 0 aliphatic heterocycles. The lowest BCUT2D eigenvalue weighted by atomic mass is 9.98. The molecule has 0 radical (unpaired) electrons. The third-order valence-electron chi connectivity index (χ3n) is 3.02. The second-order valence-electron chi connectivity index (χ2n) is 4.46. The third kappa shape index (κ3) is 3.73. The Balaban J connectivity index is 2.23. The van der Waals surface area contributed by atoms with Gasteiger partial charge in [0.05, 0.1) is 6.10 Å². The average Bonchev–Trinajstić information content (AvgIpc) is 2.32. The van der Waals surface area contributed by atoms with Gasteiger partial charge < -0.3 is 5.11 Å². The van der Waals surface area contributed by atoms with E-state index in [0.717, 1.165) is 21.2 Å². The first kappa shape index (κ1) is 14.9. The van der Waals surface area contributed by atoms with E-state index in [-0.39, 0.29) is 0 Å². The van der Waals surface area contributed by atoms with E-state index in [1.807, 2.05) is 37.3 Å². The topological polar surface area (TPSA) is 20.2 Å². The van der Waals surface area contributed by atoms with E-state index in [9.17, 15) is 5.11 Å². The molecule has 2 rings (SSSR count). The SMILES string of the molecule is Cc1cc(Cl)ccc1C(O)Cc1ccc(Br)cc1Cl. The maximum Gasteiger partial charge on any atom is 0.0833 e. The minimum atomic E-state index is -0.587. The smallest absolute Gasteiger partial charge is 0.0833 e. The van der Waals surface area contributed by atoms with Gasteiger partial charge >= 0.3 is 0 Å². The quantitative estimate of drug-likeness (QED) is 0.784. The van der Waals surface area contributed by atoms with Crippen molar-refractivity contribution in [3.63, 3.8) is 0 Å². The van der Waals surface area contributed by atoms with E-state index >= 15 is 0 Å². The first-order chi connectivity index (χ1) is 8.97. The Morgan fingerprint density at radius 3 is 2.53 bits per heavy atom. The van der Waals surface area contributed by atoms with Crippen LogP contribution in [0.25, 0.3) is 0 Å². The molecule has 0 aromatic heterocycles. The van der Waals surface area contributed by atoms with Gasteiger partial charge in [-0.2, -0.15) is 0 Å². The molecule has 0 fully saturated rings. The number of benzene rings is 2. The lowest BCUT2D eigenvalue weighted by Crippen LogP contribution is -2.04. The molecule has 0 saturated heterocycles. The molecule has 0 heterocycles. The van der Waals surface area contributed by atoms with Crippen molar-refractivity contribution in [3.8, 4) is 0 Å². The zero-order valence-corrected chi connectivity index (χ0v) is 13.4. The number of rotatable bonds is 3. The van der Waals surface area contributed by atoms with Crippen molar-refractivity contribution in [2.75, 3.05) is 0 Å². The second-order valence-corrected chi connectivity index (χ2v) is 6.22. The van der Waals surface area contributed by atoms with Crippen LogP contribution >= 0.6 is 39.1 Å². The largest absolute Gasteiger partial charge is 0.388 e. The molecule has 2 aromatic carbocycles. The fraction of sp³-hybridized carbons (Fsp3) is 0.200. The lowest BCUT2D eigenvalue weighted by molar-refractivity contribution is 0.178. The number of halogens is 3. The first-order valence-corrected chi connectivity index (χ1v) is 7.40. The monoisotopic (exact) mass is 358 g/mol. The van der Waals surface area contributed by atoms with E-state index in [1.165, 1.54) is 0 Å². The number of hydrogen-bond donors (Lipinski definition) is 1. The summed E-state index contributed by atoms with van der Waals surface area (Å²) < 4.78 is 0.929. The van der Waals surface area contributed by atoms with E-state index in [2.05, 4.69) is 15.9 Å². The summed E-state index contributed by atoms with van der Waals surface area (Å²) in [6.07, 6.45) is -0.106. The molecule has 100 valence electrons. The average molecular weight is 360 g/mol. The lowest BCUT2D eigenvalue weighted by Gasteiger charge is -2.15. The summed E-state index contributed by atoms with van der Waals surface area (Å²) in [7, 11) is 0. The Kier molecular flexibility index (Phi) is 4.91. The zero-order valence-electron chi connectivity index (χ0n) is 10.3. The Hall–Kier alpha value is -0.540. The highest BCUT2D eigenvalue weighted by atomic mass is 79.9. The fourth-order valence-electron chi connectivity index (χ4n) is 2.02. The van der Waals surface area contributed by atoms with Crippen molar-refractivity contribution in [3.05, 3.63) is 67.6 Å². The number of hydrogen-bond acceptors (Lipinski definition) is 1. The van der Waals surface area contributed by atoms with Gasteiger partial charge in [0.1, 0.15) is 0 Å². The zero-order chi connectivity index (χ0) is 14.0. The third-order valence-corrected chi connectivity index (χ3v) is 4.10. The van der Waals surface area contributed by atoms with Gasteiger partial charge in [0.15, 0.2) is 0 Å². The summed E-state index contributed by atoms with van der Waals surface area (Å²) in [5.41, 5.74) is 2.78. The molecule has 0 amide bonds. The van der Waals surface area contributed by atoms with Crippen molar-refractivity contribution < 1.29 is 5.11 Å². The van der Waals surface area contributed by atoms with Crippen LogP contribution in [0.5, 0.6) is 0 Å². The standard InChI is InChI=1S/C15H13BrCl2O/c1-9-6-12(17)4-5-13(9)15(19)7-10-2-3-11(16)8-14(10)18/h2-6,8,15,19H,7H2,1H3. The van der Waals surface area contributed by atoms with Crippen molar-refractivity contribution in [1.82, 2.24) is 0 Å². The molecular formula is C15H13BrCl2O. The second kappa shape index (κ2) is 6.27. The van der Waals surface area contributed by atoms with Crippen molar-refractivity contribution in [2.24, 2.45) is 0 Å². The molecule has 1 nitrogen and oxygen atoms in total. The molecule has 4 heteroatoms. The van der Waals surface area contributed by atoms with Crippen LogP contribution in [0.4, 0.5) is 0 Å². The number of aliphatic hydroxyl groups excluding tert-OH is 1. The van der Waals surface area contributed by atoms with Crippen LogP contribution < -0.4 is 0 Å². The highest BCUT2D eigenvalue weighted by molar-refractivity contribution is 9.10. The molecule has 0 bridgehead atoms. The van der Waals surface area contributed by atoms with E-state index in [4.69, 9.17) is 23.2 Å². The van der Waals surface area contributed by atoms with Gasteiger partial charge in [0.25, 0.3) is 0 Å². The van der Waals surface area contributed by atoms with Crippen LogP contribution in [0.3, 0.4) is 0 Å². The summed E-state index contributed by atoms with van der Waals surface area (Å²) in [6, 6.07) is 11.2. The summed E-state index contributed by atoms with van der Waals surface area (Å²) >= 11 is 15.4. The first-order valence-electron chi connectivity index (χ1n) is 5.85. The molecule has 0 aliphatic rings. The number of aliphatic hydroxyl groups is 1. The molecule has 0 aliphatic carbocycles. The summed E-state index contributed by atoms with van der Waals surface area (Å²) in [6.45, 7) is 1.94. The van der Waals surface area contributed by atoms with Crippen LogP contribution in [0.1, 0.15) is 22.8 Å². The predicted octanol–water partition coefficient (Wildman–Crippen LogP) is 5.34. The van der Waals surface area contributed by atoms with Gasteiger partial charge in [-0.1, -0.05) is 51.3 Å². The molecule has 1 atom stereocenters. The fourth-order valence-corrected chi connectivity index (χ4v) is 3.00. The summed E-state index contributed by atoms with van der Waals surface area (Å²) in [5.74, 6) is 0. The highest BCUT2D eigenvalue weighted by Gasteiger charge is 2.13. The minimum Gasteiger partial charge on any atom is -0.388 e. The van der Waals surface area contributed by atoms with Crippen LogP contribution in [0.2, 0.25) is 10.0 Å². The van der Waals surface area contributed by atoms with Gasteiger partial charge in [0, 0.05) is 20.9 Å². The molecular weight excluding hydrogens is 347 g/mol. The Labute approximate surface area is 131 Å². The Morgan fingerprint density at radius 1 is 1.16 bits per heavy atom. The van der Waals surface area contributed by atoms with Gasteiger partial charge in [0.2, 0.25) is 0 Å². The molecule has 19 heavy (non-hydrogen) atoms. The van der Waals surface area contributed by atoms with Gasteiger partial charge in [-0.25, -0.2) is 0 Å². The molecule has 0 spiro atoms. The minimum absolute atomic E-state index is 0.481. The van der Waals surface area contributed by atoms with Crippen LogP contribution in [0, 0.1) is 6.92 Å². The summed E-state index contributed by atoms with van der Waals surface area (Å²) in [4.78, 5) is 0. The van der Waals surface area contributed by atoms with Gasteiger partial charge in [-0.15, -0.1) is 0 Å². The molecule has 1 unspecified atom stereocenters. The van der Waals surface area contributed by atoms with Gasteiger partial charge in [-0.05, 0) is 47.9 Å². The summed E-state index contributed by atoms with van der Waals surface area (Å²) in [5, 5.41) is 11.7. The van der Waals surface area contributed by atoms with E-state index in [0.29, 0.717) is 16.5 Å². The van der Waals surface area contributed by atoms with E-state index in [1.54, 1.807) is 6.07 Å². The molecule has 1 N–H and O–H groups in total.